The molecule has 1 aliphatic carbocycles. The summed E-state index contributed by atoms with van der Waals surface area (Å²) in [7, 11) is 1.72. The normalized spacial score (nSPS) is 13.0. The van der Waals surface area contributed by atoms with Gasteiger partial charge >= 0.3 is 0 Å². The van der Waals surface area contributed by atoms with Crippen LogP contribution in [0, 0.1) is 5.92 Å². The number of carbonyl (C=O) groups excluding carboxylic acids is 3. The zero-order valence-corrected chi connectivity index (χ0v) is 21.1. The molecule has 0 spiro atoms. The second-order valence-corrected chi connectivity index (χ2v) is 9.34. The fraction of sp³-hybridized carbons (Fsp3) is 0.267. The summed E-state index contributed by atoms with van der Waals surface area (Å²) in [6.07, 6.45) is 1.71. The highest BCUT2D eigenvalue weighted by atomic mass is 16.3. The van der Waals surface area contributed by atoms with E-state index in [9.17, 15) is 19.5 Å². The number of hydrogen-bond donors (Lipinski definition) is 3. The van der Waals surface area contributed by atoms with Gasteiger partial charge in [0, 0.05) is 37.7 Å². The maximum absolute atomic E-state index is 12.9. The van der Waals surface area contributed by atoms with Crippen LogP contribution in [0.1, 0.15) is 54.1 Å². The summed E-state index contributed by atoms with van der Waals surface area (Å²) < 4.78 is 0. The third kappa shape index (κ3) is 6.12. The molecule has 0 aliphatic heterocycles. The van der Waals surface area contributed by atoms with E-state index in [1.807, 2.05) is 49.4 Å². The number of amides is 2. The number of nitrogens with one attached hydrogen (secondary N) is 2. The summed E-state index contributed by atoms with van der Waals surface area (Å²) in [5.74, 6) is -0.0648. The quantitative estimate of drug-likeness (QED) is 0.212. The number of aromatic hydroxyl groups is 1. The van der Waals surface area contributed by atoms with E-state index in [0.717, 1.165) is 22.4 Å². The van der Waals surface area contributed by atoms with E-state index in [1.54, 1.807) is 31.3 Å². The van der Waals surface area contributed by atoms with Gasteiger partial charge in [-0.25, -0.2) is 0 Å². The number of aliphatic imine (C=N–C) groups is 1. The van der Waals surface area contributed by atoms with Gasteiger partial charge in [0.2, 0.25) is 11.8 Å². The Morgan fingerprint density at radius 2 is 1.59 bits per heavy atom. The molecule has 0 bridgehead atoms. The van der Waals surface area contributed by atoms with Gasteiger partial charge < -0.3 is 15.7 Å². The maximum atomic E-state index is 12.9. The van der Waals surface area contributed by atoms with Crippen molar-refractivity contribution in [3.63, 3.8) is 0 Å². The standard InChI is InChI=1S/C30H31N3O4/c1-19(17-26(31-2)20-12-14-21(34)15-13-20)18-28(36)32-16-6-11-27(35)33-25-10-5-9-23-22-7-3-4-8-24(22)30(37)29(23)25/h3-5,7-10,12-15,19,34H,6,11,16-18H2,1-2H3,(H,32,36)(H,33,35). The Balaban J connectivity index is 1.21. The van der Waals surface area contributed by atoms with Crippen molar-refractivity contribution in [2.24, 2.45) is 10.9 Å². The molecule has 0 heterocycles. The van der Waals surface area contributed by atoms with Crippen molar-refractivity contribution in [1.29, 1.82) is 0 Å². The lowest BCUT2D eigenvalue weighted by Crippen LogP contribution is -2.27. The van der Waals surface area contributed by atoms with Gasteiger partial charge in [-0.05, 0) is 65.8 Å². The van der Waals surface area contributed by atoms with E-state index in [4.69, 9.17) is 0 Å². The third-order valence-corrected chi connectivity index (χ3v) is 6.48. The first-order valence-electron chi connectivity index (χ1n) is 12.5. The van der Waals surface area contributed by atoms with Crippen LogP contribution < -0.4 is 10.6 Å². The van der Waals surface area contributed by atoms with Crippen molar-refractivity contribution in [2.45, 2.75) is 32.6 Å². The average molecular weight is 498 g/mol. The van der Waals surface area contributed by atoms with Crippen LogP contribution in [0.15, 0.2) is 71.7 Å². The number of phenolic OH excluding ortho intramolecular Hbond substituents is 1. The van der Waals surface area contributed by atoms with E-state index in [1.165, 1.54) is 0 Å². The molecular formula is C30H31N3O4. The minimum absolute atomic E-state index is 0.0710. The van der Waals surface area contributed by atoms with Gasteiger partial charge in [0.25, 0.3) is 0 Å². The van der Waals surface area contributed by atoms with Gasteiger partial charge in [0.1, 0.15) is 5.75 Å². The van der Waals surface area contributed by atoms with Crippen molar-refractivity contribution in [2.75, 3.05) is 18.9 Å². The van der Waals surface area contributed by atoms with E-state index in [-0.39, 0.29) is 35.7 Å². The summed E-state index contributed by atoms with van der Waals surface area (Å²) in [6.45, 7) is 2.39. The summed E-state index contributed by atoms with van der Waals surface area (Å²) in [4.78, 5) is 42.2. The molecule has 0 aromatic heterocycles. The fourth-order valence-corrected chi connectivity index (χ4v) is 4.65. The molecule has 190 valence electrons. The van der Waals surface area contributed by atoms with Crippen LogP contribution in [0.2, 0.25) is 0 Å². The number of phenols is 1. The van der Waals surface area contributed by atoms with Crippen LogP contribution in [0.5, 0.6) is 5.75 Å². The van der Waals surface area contributed by atoms with Gasteiger partial charge in [-0.3, -0.25) is 19.4 Å². The summed E-state index contributed by atoms with van der Waals surface area (Å²) >= 11 is 0. The van der Waals surface area contributed by atoms with Gasteiger partial charge in [0.15, 0.2) is 5.78 Å². The van der Waals surface area contributed by atoms with Gasteiger partial charge in [-0.15, -0.1) is 0 Å². The molecule has 1 unspecified atom stereocenters. The Labute approximate surface area is 216 Å². The minimum Gasteiger partial charge on any atom is -0.508 e. The first-order chi connectivity index (χ1) is 17.9. The molecular weight excluding hydrogens is 466 g/mol. The van der Waals surface area contributed by atoms with Crippen LogP contribution >= 0.6 is 0 Å². The molecule has 3 aromatic carbocycles. The topological polar surface area (TPSA) is 108 Å². The number of carbonyl (C=O) groups is 3. The molecule has 3 aromatic rings. The Morgan fingerprint density at radius 3 is 2.32 bits per heavy atom. The molecule has 7 nitrogen and oxygen atoms in total. The Hall–Kier alpha value is -4.26. The van der Waals surface area contributed by atoms with Gasteiger partial charge in [0.05, 0.1) is 11.3 Å². The lowest BCUT2D eigenvalue weighted by molar-refractivity contribution is -0.122. The predicted molar refractivity (Wildman–Crippen MR) is 145 cm³/mol. The number of nitrogens with zero attached hydrogens (tertiary/aromatic N) is 1. The zero-order valence-electron chi connectivity index (χ0n) is 21.1. The van der Waals surface area contributed by atoms with Crippen LogP contribution in [0.4, 0.5) is 5.69 Å². The van der Waals surface area contributed by atoms with E-state index < -0.39 is 0 Å². The highest BCUT2D eigenvalue weighted by Gasteiger charge is 2.29. The number of hydrogen-bond acceptors (Lipinski definition) is 5. The van der Waals surface area contributed by atoms with Crippen molar-refractivity contribution in [1.82, 2.24) is 5.32 Å². The van der Waals surface area contributed by atoms with Crippen LogP contribution in [0.3, 0.4) is 0 Å². The summed E-state index contributed by atoms with van der Waals surface area (Å²) in [6, 6.07) is 19.8. The SMILES string of the molecule is CN=C(CC(C)CC(=O)NCCCC(=O)Nc1cccc2c1C(=O)c1ccccc1-2)c1ccc(O)cc1. The zero-order chi connectivity index (χ0) is 26.4. The Bertz CT molecular complexity index is 1350. The summed E-state index contributed by atoms with van der Waals surface area (Å²) in [5, 5.41) is 15.2. The lowest BCUT2D eigenvalue weighted by atomic mass is 9.96. The van der Waals surface area contributed by atoms with E-state index >= 15 is 0 Å². The first-order valence-corrected chi connectivity index (χ1v) is 12.5. The van der Waals surface area contributed by atoms with Crippen molar-refractivity contribution in [3.05, 3.63) is 83.4 Å². The second-order valence-electron chi connectivity index (χ2n) is 9.34. The first kappa shape index (κ1) is 25.8. The highest BCUT2D eigenvalue weighted by Crippen LogP contribution is 2.40. The lowest BCUT2D eigenvalue weighted by Gasteiger charge is -2.14. The molecule has 37 heavy (non-hydrogen) atoms. The maximum Gasteiger partial charge on any atom is 0.224 e. The molecule has 4 rings (SSSR count). The van der Waals surface area contributed by atoms with Gasteiger partial charge in [-0.2, -0.15) is 0 Å². The van der Waals surface area contributed by atoms with Crippen LogP contribution in [0.25, 0.3) is 11.1 Å². The molecule has 0 fully saturated rings. The predicted octanol–water partition coefficient (Wildman–Crippen LogP) is 4.97. The number of ketones is 1. The largest absolute Gasteiger partial charge is 0.508 e. The van der Waals surface area contributed by atoms with Crippen LogP contribution in [-0.2, 0) is 9.59 Å². The molecule has 3 N–H and O–H groups in total. The number of rotatable bonds is 10. The molecule has 0 radical (unpaired) electrons. The molecule has 0 saturated carbocycles. The van der Waals surface area contributed by atoms with Crippen LogP contribution in [-0.4, -0.2) is 42.0 Å². The molecule has 2 amide bonds. The van der Waals surface area contributed by atoms with E-state index in [2.05, 4.69) is 15.6 Å². The smallest absolute Gasteiger partial charge is 0.224 e. The minimum atomic E-state index is -0.197. The third-order valence-electron chi connectivity index (χ3n) is 6.48. The number of fused-ring (bicyclic) bond motifs is 3. The number of benzene rings is 3. The number of anilines is 1. The average Bonchev–Trinajstić information content (AvgIpc) is 3.19. The molecule has 0 saturated heterocycles. The summed E-state index contributed by atoms with van der Waals surface area (Å²) in [5.41, 5.74) is 5.22. The monoisotopic (exact) mass is 497 g/mol. The van der Waals surface area contributed by atoms with Crippen molar-refractivity contribution in [3.8, 4) is 16.9 Å². The van der Waals surface area contributed by atoms with Gasteiger partial charge in [-0.1, -0.05) is 43.3 Å². The molecule has 7 heteroatoms. The van der Waals surface area contributed by atoms with Crippen molar-refractivity contribution >= 4 is 29.0 Å². The fourth-order valence-electron chi connectivity index (χ4n) is 4.65. The Kier molecular flexibility index (Phi) is 8.13. The highest BCUT2D eigenvalue weighted by molar-refractivity contribution is 6.25. The van der Waals surface area contributed by atoms with E-state index in [0.29, 0.717) is 42.6 Å². The second kappa shape index (κ2) is 11.6. The molecule has 1 atom stereocenters. The van der Waals surface area contributed by atoms with Crippen molar-refractivity contribution < 1.29 is 19.5 Å². The molecule has 1 aliphatic rings. The Morgan fingerprint density at radius 1 is 0.892 bits per heavy atom.